The van der Waals surface area contributed by atoms with Crippen LogP contribution < -0.4 is 10.1 Å². The molecule has 1 aromatic carbocycles. The van der Waals surface area contributed by atoms with E-state index in [1.54, 1.807) is 39.2 Å². The van der Waals surface area contributed by atoms with Crippen molar-refractivity contribution in [1.29, 1.82) is 0 Å². The lowest BCUT2D eigenvalue weighted by Gasteiger charge is -2.25. The van der Waals surface area contributed by atoms with Crippen LogP contribution in [0, 0.1) is 6.92 Å². The van der Waals surface area contributed by atoms with Crippen molar-refractivity contribution >= 4 is 18.1 Å². The Morgan fingerprint density at radius 1 is 1.43 bits per heavy atom. The highest BCUT2D eigenvalue weighted by molar-refractivity contribution is 5.99. The Morgan fingerprint density at radius 2 is 2.17 bits per heavy atom. The smallest absolute Gasteiger partial charge is 0.252 e. The molecule has 0 aliphatic carbocycles. The van der Waals surface area contributed by atoms with Gasteiger partial charge >= 0.3 is 0 Å². The van der Waals surface area contributed by atoms with E-state index in [4.69, 9.17) is 4.74 Å². The minimum Gasteiger partial charge on any atom is -0.496 e. The second kappa shape index (κ2) is 7.26. The molecule has 1 aliphatic heterocycles. The summed E-state index contributed by atoms with van der Waals surface area (Å²) in [4.78, 5) is 37.4. The second-order valence-electron chi connectivity index (χ2n) is 5.71. The van der Waals surface area contributed by atoms with Crippen LogP contribution in [-0.2, 0) is 9.59 Å². The molecule has 1 aliphatic rings. The lowest BCUT2D eigenvalue weighted by molar-refractivity contribution is -0.135. The van der Waals surface area contributed by atoms with Crippen molar-refractivity contribution in [3.05, 3.63) is 29.3 Å². The first-order valence-electron chi connectivity index (χ1n) is 7.69. The molecule has 2 amide bonds. The summed E-state index contributed by atoms with van der Waals surface area (Å²) in [6.45, 7) is 3.99. The number of ether oxygens (including phenoxy) is 1. The van der Waals surface area contributed by atoms with Gasteiger partial charge in [0.2, 0.25) is 5.91 Å². The number of nitrogens with zero attached hydrogens (tertiary/aromatic N) is 1. The van der Waals surface area contributed by atoms with E-state index in [1.807, 2.05) is 0 Å². The molecule has 1 N–H and O–H groups in total. The molecule has 0 saturated carbocycles. The summed E-state index contributed by atoms with van der Waals surface area (Å²) in [5, 5.41) is 2.71. The fourth-order valence-electron chi connectivity index (χ4n) is 2.87. The van der Waals surface area contributed by atoms with Gasteiger partial charge in [0, 0.05) is 17.7 Å². The molecule has 6 heteroatoms. The van der Waals surface area contributed by atoms with Crippen LogP contribution >= 0.6 is 0 Å². The van der Waals surface area contributed by atoms with E-state index in [0.29, 0.717) is 24.3 Å². The first-order valence-corrected chi connectivity index (χ1v) is 7.69. The van der Waals surface area contributed by atoms with Gasteiger partial charge in [-0.15, -0.1) is 0 Å². The molecule has 0 spiro atoms. The molecular formula is C17H22N2O4. The fraction of sp³-hybridized carbons (Fsp3) is 0.471. The Morgan fingerprint density at radius 3 is 2.83 bits per heavy atom. The third kappa shape index (κ3) is 3.52. The number of carbonyl (C=O) groups excluding carboxylic acids is 3. The van der Waals surface area contributed by atoms with Gasteiger partial charge in [0.15, 0.2) is 0 Å². The van der Waals surface area contributed by atoms with Crippen LogP contribution in [-0.4, -0.2) is 48.7 Å². The van der Waals surface area contributed by atoms with E-state index in [9.17, 15) is 14.4 Å². The van der Waals surface area contributed by atoms with Gasteiger partial charge < -0.3 is 19.7 Å². The summed E-state index contributed by atoms with van der Waals surface area (Å²) in [5.74, 6) is 0.0646. The number of methoxy groups -OCH3 is 1. The number of rotatable bonds is 5. The normalized spacial score (nSPS) is 18.4. The van der Waals surface area contributed by atoms with Crippen LogP contribution in [0.2, 0.25) is 0 Å². The molecular weight excluding hydrogens is 296 g/mol. The summed E-state index contributed by atoms with van der Waals surface area (Å²) >= 11 is 0. The number of benzene rings is 1. The maximum atomic E-state index is 12.4. The van der Waals surface area contributed by atoms with Crippen LogP contribution in [0.3, 0.4) is 0 Å². The number of nitrogens with one attached hydrogen (secondary N) is 1. The van der Waals surface area contributed by atoms with E-state index in [1.165, 1.54) is 4.90 Å². The van der Waals surface area contributed by atoms with Gasteiger partial charge in [-0.05, 0) is 38.8 Å². The zero-order valence-corrected chi connectivity index (χ0v) is 13.7. The van der Waals surface area contributed by atoms with Crippen LogP contribution in [0.5, 0.6) is 5.75 Å². The number of hydrogen-bond acceptors (Lipinski definition) is 4. The number of hydrogen-bond donors (Lipinski definition) is 1. The van der Waals surface area contributed by atoms with Crippen molar-refractivity contribution in [2.24, 2.45) is 0 Å². The van der Waals surface area contributed by atoms with Crippen molar-refractivity contribution in [3.8, 4) is 5.75 Å². The minimum atomic E-state index is -0.686. The number of amides is 2. The zero-order chi connectivity index (χ0) is 17.0. The van der Waals surface area contributed by atoms with Gasteiger partial charge in [-0.25, -0.2) is 0 Å². The van der Waals surface area contributed by atoms with Gasteiger partial charge in [-0.2, -0.15) is 0 Å². The first-order chi connectivity index (χ1) is 11.0. The van der Waals surface area contributed by atoms with Crippen LogP contribution in [0.15, 0.2) is 18.2 Å². The third-order valence-corrected chi connectivity index (χ3v) is 4.21. The summed E-state index contributed by atoms with van der Waals surface area (Å²) in [7, 11) is 1.54. The van der Waals surface area contributed by atoms with Crippen molar-refractivity contribution in [2.75, 3.05) is 13.7 Å². The SMILES string of the molecule is COc1cccc(C(=O)N[C@@H](C)C(=O)N2CCC[C@H]2C=O)c1C. The van der Waals surface area contributed by atoms with Crippen molar-refractivity contribution in [1.82, 2.24) is 10.2 Å². The molecule has 0 radical (unpaired) electrons. The van der Waals surface area contributed by atoms with Crippen LogP contribution in [0.4, 0.5) is 0 Å². The lowest BCUT2D eigenvalue weighted by atomic mass is 10.1. The number of aldehydes is 1. The second-order valence-corrected chi connectivity index (χ2v) is 5.71. The highest BCUT2D eigenvalue weighted by Gasteiger charge is 2.31. The Bertz CT molecular complexity index is 615. The summed E-state index contributed by atoms with van der Waals surface area (Å²) in [6, 6.07) is 4.14. The summed E-state index contributed by atoms with van der Waals surface area (Å²) in [5.41, 5.74) is 1.19. The Labute approximate surface area is 135 Å². The molecule has 0 aromatic heterocycles. The quantitative estimate of drug-likeness (QED) is 0.831. The highest BCUT2D eigenvalue weighted by atomic mass is 16.5. The molecule has 1 aromatic rings. The maximum absolute atomic E-state index is 12.4. The molecule has 1 fully saturated rings. The standard InChI is InChI=1S/C17H22N2O4/c1-11-14(7-4-8-15(11)23-3)16(21)18-12(2)17(22)19-9-5-6-13(19)10-20/h4,7-8,10,12-13H,5-6,9H2,1-3H3,(H,18,21)/t12-,13-/m0/s1. The number of carbonyl (C=O) groups is 3. The van der Waals surface area contributed by atoms with Gasteiger partial charge in [-0.3, -0.25) is 9.59 Å². The molecule has 23 heavy (non-hydrogen) atoms. The molecule has 1 heterocycles. The monoisotopic (exact) mass is 318 g/mol. The molecule has 0 unspecified atom stereocenters. The third-order valence-electron chi connectivity index (χ3n) is 4.21. The summed E-state index contributed by atoms with van der Waals surface area (Å²) < 4.78 is 5.20. The molecule has 2 rings (SSSR count). The molecule has 2 atom stereocenters. The highest BCUT2D eigenvalue weighted by Crippen LogP contribution is 2.21. The average Bonchev–Trinajstić information content (AvgIpc) is 3.02. The van der Waals surface area contributed by atoms with Gasteiger partial charge in [0.1, 0.15) is 18.1 Å². The van der Waals surface area contributed by atoms with Crippen molar-refractivity contribution in [2.45, 2.75) is 38.8 Å². The topological polar surface area (TPSA) is 75.7 Å². The van der Waals surface area contributed by atoms with Crippen molar-refractivity contribution < 1.29 is 19.1 Å². The molecule has 1 saturated heterocycles. The predicted molar refractivity (Wildman–Crippen MR) is 85.5 cm³/mol. The van der Waals surface area contributed by atoms with E-state index in [-0.39, 0.29) is 17.9 Å². The average molecular weight is 318 g/mol. The lowest BCUT2D eigenvalue weighted by Crippen LogP contribution is -2.49. The molecule has 124 valence electrons. The molecule has 6 nitrogen and oxygen atoms in total. The van der Waals surface area contributed by atoms with Crippen LogP contribution in [0.1, 0.15) is 35.7 Å². The van der Waals surface area contributed by atoms with E-state index < -0.39 is 6.04 Å². The van der Waals surface area contributed by atoms with Crippen molar-refractivity contribution in [3.63, 3.8) is 0 Å². The van der Waals surface area contributed by atoms with Gasteiger partial charge in [0.25, 0.3) is 5.91 Å². The fourth-order valence-corrected chi connectivity index (χ4v) is 2.87. The maximum Gasteiger partial charge on any atom is 0.252 e. The molecule has 0 bridgehead atoms. The zero-order valence-electron chi connectivity index (χ0n) is 13.7. The van der Waals surface area contributed by atoms with E-state index >= 15 is 0 Å². The Hall–Kier alpha value is -2.37. The Balaban J connectivity index is 2.08. The van der Waals surface area contributed by atoms with E-state index in [0.717, 1.165) is 18.3 Å². The van der Waals surface area contributed by atoms with Crippen LogP contribution in [0.25, 0.3) is 0 Å². The first kappa shape index (κ1) is 17.0. The number of likely N-dealkylation sites (tertiary alicyclic amines) is 1. The van der Waals surface area contributed by atoms with E-state index in [2.05, 4.69) is 5.32 Å². The Kier molecular flexibility index (Phi) is 5.36. The van der Waals surface area contributed by atoms with Gasteiger partial charge in [0.05, 0.1) is 13.2 Å². The largest absolute Gasteiger partial charge is 0.496 e. The predicted octanol–water partition coefficient (Wildman–Crippen LogP) is 1.31. The summed E-state index contributed by atoms with van der Waals surface area (Å²) in [6.07, 6.45) is 2.29. The minimum absolute atomic E-state index is 0.228. The van der Waals surface area contributed by atoms with Gasteiger partial charge in [-0.1, -0.05) is 6.07 Å².